The van der Waals surface area contributed by atoms with E-state index in [9.17, 15) is 14.4 Å². The summed E-state index contributed by atoms with van der Waals surface area (Å²) in [5.74, 6) is -0.330. The zero-order chi connectivity index (χ0) is 14.2. The van der Waals surface area contributed by atoms with Crippen molar-refractivity contribution in [2.75, 3.05) is 7.11 Å². The summed E-state index contributed by atoms with van der Waals surface area (Å²) in [6.45, 7) is 3.61. The van der Waals surface area contributed by atoms with Gasteiger partial charge in [0.25, 0.3) is 0 Å². The summed E-state index contributed by atoms with van der Waals surface area (Å²) < 4.78 is 4.82. The number of hydrogen-bond donors (Lipinski definition) is 0. The number of carbonyl (C=O) groups excluding carboxylic acids is 3. The first-order chi connectivity index (χ1) is 8.89. The molecule has 3 rings (SSSR count). The van der Waals surface area contributed by atoms with Gasteiger partial charge in [0, 0.05) is 5.92 Å². The van der Waals surface area contributed by atoms with Crippen LogP contribution in [0, 0.1) is 11.3 Å². The fourth-order valence-corrected chi connectivity index (χ4v) is 2.96. The molecule has 4 heteroatoms. The minimum atomic E-state index is -0.379. The minimum absolute atomic E-state index is 0.00171. The van der Waals surface area contributed by atoms with Gasteiger partial charge in [-0.3, -0.25) is 14.4 Å². The third kappa shape index (κ3) is 2.36. The van der Waals surface area contributed by atoms with E-state index in [1.54, 1.807) is 13.8 Å². The Kier molecular flexibility index (Phi) is 3.61. The molecule has 2 bridgehead atoms. The molecule has 0 N–H and O–H groups in total. The van der Waals surface area contributed by atoms with Gasteiger partial charge in [0.15, 0.2) is 5.78 Å². The normalized spacial score (nSPS) is 20.0. The Morgan fingerprint density at radius 1 is 1.26 bits per heavy atom. The van der Waals surface area contributed by atoms with Gasteiger partial charge in [0.05, 0.1) is 18.9 Å². The summed E-state index contributed by atoms with van der Waals surface area (Å²) >= 11 is 0. The summed E-state index contributed by atoms with van der Waals surface area (Å²) in [7, 11) is 1.40. The summed E-state index contributed by atoms with van der Waals surface area (Å²) in [5, 5.41) is 0. The fourth-order valence-electron chi connectivity index (χ4n) is 2.96. The van der Waals surface area contributed by atoms with Gasteiger partial charge < -0.3 is 4.74 Å². The number of carbonyl (C=O) groups is 3. The highest BCUT2D eigenvalue weighted by Crippen LogP contribution is 2.55. The Morgan fingerprint density at radius 3 is 2.32 bits per heavy atom. The molecule has 0 aromatic carbocycles. The third-order valence-corrected chi connectivity index (χ3v) is 4.32. The molecular formula is C15H20O4. The molecule has 19 heavy (non-hydrogen) atoms. The molecule has 3 aliphatic carbocycles. The van der Waals surface area contributed by atoms with E-state index in [4.69, 9.17) is 4.74 Å². The summed E-state index contributed by atoms with van der Waals surface area (Å²) in [6, 6.07) is 0. The van der Waals surface area contributed by atoms with Gasteiger partial charge in [-0.05, 0) is 31.3 Å². The molecule has 0 unspecified atom stereocenters. The highest BCUT2D eigenvalue weighted by Gasteiger charge is 2.52. The molecule has 0 atom stereocenters. The first-order valence-corrected chi connectivity index (χ1v) is 6.75. The zero-order valence-corrected chi connectivity index (χ0v) is 11.7. The van der Waals surface area contributed by atoms with Crippen molar-refractivity contribution in [3.05, 3.63) is 11.1 Å². The zero-order valence-electron chi connectivity index (χ0n) is 11.7. The molecule has 1 fully saturated rings. The first kappa shape index (κ1) is 14.0. The lowest BCUT2D eigenvalue weighted by molar-refractivity contribution is -0.157. The Hall–Kier alpha value is -1.45. The van der Waals surface area contributed by atoms with Crippen LogP contribution in [0.1, 0.15) is 46.0 Å². The molecule has 0 saturated heterocycles. The van der Waals surface area contributed by atoms with E-state index in [0.717, 1.165) is 11.1 Å². The van der Waals surface area contributed by atoms with Crippen LogP contribution in [0.5, 0.6) is 0 Å². The first-order valence-electron chi connectivity index (χ1n) is 6.75. The van der Waals surface area contributed by atoms with Crippen LogP contribution in [0.4, 0.5) is 0 Å². The Bertz CT molecular complexity index is 463. The van der Waals surface area contributed by atoms with Crippen LogP contribution >= 0.6 is 0 Å². The maximum Gasteiger partial charge on any atom is 0.312 e. The summed E-state index contributed by atoms with van der Waals surface area (Å²) in [5.41, 5.74) is 1.47. The van der Waals surface area contributed by atoms with Crippen LogP contribution < -0.4 is 0 Å². The standard InChI is InChI=1S/C15H20O4/c1-9(2)12(16)6-13(17)11-4-5-15(14(18)19-3)7-10(11)8-15/h9H,4-8H2,1-3H3. The monoisotopic (exact) mass is 264 g/mol. The molecule has 0 spiro atoms. The molecule has 104 valence electrons. The number of hydrogen-bond acceptors (Lipinski definition) is 4. The summed E-state index contributed by atoms with van der Waals surface area (Å²) in [6.07, 6.45) is 2.55. The predicted octanol–water partition coefficient (Wildman–Crippen LogP) is 2.21. The summed E-state index contributed by atoms with van der Waals surface area (Å²) in [4.78, 5) is 35.4. The lowest BCUT2D eigenvalue weighted by Crippen LogP contribution is -2.44. The van der Waals surface area contributed by atoms with Crippen LogP contribution in [0.15, 0.2) is 11.1 Å². The van der Waals surface area contributed by atoms with Gasteiger partial charge >= 0.3 is 5.97 Å². The maximum absolute atomic E-state index is 12.1. The smallest absolute Gasteiger partial charge is 0.312 e. The molecule has 0 aliphatic heterocycles. The van der Waals surface area contributed by atoms with Crippen molar-refractivity contribution in [1.29, 1.82) is 0 Å². The maximum atomic E-state index is 12.1. The largest absolute Gasteiger partial charge is 0.469 e. The van der Waals surface area contributed by atoms with Crippen LogP contribution in [0.2, 0.25) is 0 Å². The number of Topliss-reactive ketones (excluding diaryl/α,β-unsaturated/α-hetero) is 2. The second-order valence-electron chi connectivity index (χ2n) is 5.93. The minimum Gasteiger partial charge on any atom is -0.469 e. The van der Waals surface area contributed by atoms with Gasteiger partial charge in [-0.2, -0.15) is 0 Å². The highest BCUT2D eigenvalue weighted by atomic mass is 16.5. The third-order valence-electron chi connectivity index (χ3n) is 4.32. The molecule has 0 amide bonds. The van der Waals surface area contributed by atoms with E-state index >= 15 is 0 Å². The second-order valence-corrected chi connectivity index (χ2v) is 5.93. The number of ether oxygens (including phenoxy) is 1. The lowest BCUT2D eigenvalue weighted by Gasteiger charge is -2.46. The van der Waals surface area contributed by atoms with E-state index in [1.165, 1.54) is 7.11 Å². The van der Waals surface area contributed by atoms with Crippen molar-refractivity contribution >= 4 is 17.5 Å². The highest BCUT2D eigenvalue weighted by molar-refractivity contribution is 6.09. The SMILES string of the molecule is COC(=O)C12CCC(C(=O)CC(=O)C(C)C)=C(C1)C2. The Labute approximate surface area is 113 Å². The molecule has 0 aromatic rings. The van der Waals surface area contributed by atoms with Crippen molar-refractivity contribution in [1.82, 2.24) is 0 Å². The molecule has 0 aromatic heterocycles. The lowest BCUT2D eigenvalue weighted by atomic mass is 9.56. The van der Waals surface area contributed by atoms with E-state index < -0.39 is 0 Å². The fraction of sp³-hybridized carbons (Fsp3) is 0.667. The number of esters is 1. The number of methoxy groups -OCH3 is 1. The van der Waals surface area contributed by atoms with Crippen LogP contribution in [0.3, 0.4) is 0 Å². The van der Waals surface area contributed by atoms with Gasteiger partial charge in [-0.25, -0.2) is 0 Å². The van der Waals surface area contributed by atoms with Gasteiger partial charge in [-0.1, -0.05) is 19.4 Å². The number of ketones is 2. The van der Waals surface area contributed by atoms with Crippen LogP contribution in [-0.4, -0.2) is 24.6 Å². The van der Waals surface area contributed by atoms with E-state index in [-0.39, 0.29) is 35.3 Å². The number of rotatable bonds is 5. The van der Waals surface area contributed by atoms with Crippen LogP contribution in [0.25, 0.3) is 0 Å². The van der Waals surface area contributed by atoms with Crippen molar-refractivity contribution < 1.29 is 19.1 Å². The molecule has 0 radical (unpaired) electrons. The van der Waals surface area contributed by atoms with E-state index in [1.807, 2.05) is 0 Å². The number of allylic oxidation sites excluding steroid dienone is 2. The predicted molar refractivity (Wildman–Crippen MR) is 69.4 cm³/mol. The van der Waals surface area contributed by atoms with Gasteiger partial charge in [0.2, 0.25) is 0 Å². The molecule has 3 aliphatic rings. The average molecular weight is 264 g/mol. The molecule has 0 heterocycles. The Balaban J connectivity index is 2.04. The van der Waals surface area contributed by atoms with Crippen molar-refractivity contribution in [3.63, 3.8) is 0 Å². The van der Waals surface area contributed by atoms with E-state index in [0.29, 0.717) is 25.7 Å². The molecular weight excluding hydrogens is 244 g/mol. The van der Waals surface area contributed by atoms with Crippen molar-refractivity contribution in [2.24, 2.45) is 11.3 Å². The van der Waals surface area contributed by atoms with Crippen molar-refractivity contribution in [3.8, 4) is 0 Å². The van der Waals surface area contributed by atoms with Crippen molar-refractivity contribution in [2.45, 2.75) is 46.0 Å². The average Bonchev–Trinajstić information content (AvgIpc) is 2.36. The molecule has 1 saturated carbocycles. The van der Waals surface area contributed by atoms with E-state index in [2.05, 4.69) is 0 Å². The number of fused-ring (bicyclic) bond motifs is 2. The van der Waals surface area contributed by atoms with Gasteiger partial charge in [-0.15, -0.1) is 0 Å². The topological polar surface area (TPSA) is 60.4 Å². The van der Waals surface area contributed by atoms with Crippen LogP contribution in [-0.2, 0) is 19.1 Å². The van der Waals surface area contributed by atoms with Gasteiger partial charge in [0.1, 0.15) is 5.78 Å². The molecule has 4 nitrogen and oxygen atoms in total. The Morgan fingerprint density at radius 2 is 1.89 bits per heavy atom. The quantitative estimate of drug-likeness (QED) is 0.564. The second kappa shape index (κ2) is 4.91.